The van der Waals surface area contributed by atoms with E-state index in [4.69, 9.17) is 0 Å². The van der Waals surface area contributed by atoms with Crippen LogP contribution in [0.4, 0.5) is 0 Å². The number of hydrogen-bond acceptors (Lipinski definition) is 4. The second kappa shape index (κ2) is 9.79. The van der Waals surface area contributed by atoms with Gasteiger partial charge in [0.1, 0.15) is 0 Å². The molecule has 8 heteroatoms. The number of rotatable bonds is 11. The van der Waals surface area contributed by atoms with Crippen LogP contribution in [0.5, 0.6) is 0 Å². The van der Waals surface area contributed by atoms with Gasteiger partial charge in [-0.3, -0.25) is 19.2 Å². The first kappa shape index (κ1) is 25.9. The molecular formula is C22H36O8. The van der Waals surface area contributed by atoms with E-state index in [1.165, 1.54) is 0 Å². The molecule has 1 aliphatic carbocycles. The fourth-order valence-corrected chi connectivity index (χ4v) is 5.37. The molecule has 1 atom stereocenters. The minimum absolute atomic E-state index is 0.0421. The van der Waals surface area contributed by atoms with Crippen LogP contribution in [0.2, 0.25) is 0 Å². The molecule has 0 saturated heterocycles. The van der Waals surface area contributed by atoms with Gasteiger partial charge in [-0.2, -0.15) is 0 Å². The van der Waals surface area contributed by atoms with E-state index < -0.39 is 52.5 Å². The SMILES string of the molecule is CC(C)C(CCC1CCC(C(C)C(C(=O)O)(C(=O)O)C(C)C)CC1)(C(=O)O)C(=O)O. The molecule has 0 amide bonds. The summed E-state index contributed by atoms with van der Waals surface area (Å²) < 4.78 is 0. The van der Waals surface area contributed by atoms with Crippen molar-refractivity contribution >= 4 is 23.9 Å². The minimum Gasteiger partial charge on any atom is -0.480 e. The van der Waals surface area contributed by atoms with Crippen LogP contribution in [-0.4, -0.2) is 44.3 Å². The number of carboxylic acids is 4. The molecule has 30 heavy (non-hydrogen) atoms. The first-order valence-corrected chi connectivity index (χ1v) is 10.7. The van der Waals surface area contributed by atoms with Crippen LogP contribution in [0, 0.1) is 40.4 Å². The minimum atomic E-state index is -1.85. The Morgan fingerprint density at radius 2 is 1.17 bits per heavy atom. The molecule has 1 saturated carbocycles. The van der Waals surface area contributed by atoms with E-state index in [1.807, 2.05) is 0 Å². The predicted octanol–water partition coefficient (Wildman–Crippen LogP) is 3.83. The van der Waals surface area contributed by atoms with Gasteiger partial charge in [0.05, 0.1) is 0 Å². The molecule has 4 N–H and O–H groups in total. The smallest absolute Gasteiger partial charge is 0.321 e. The molecule has 1 unspecified atom stereocenters. The summed E-state index contributed by atoms with van der Waals surface area (Å²) in [6.07, 6.45) is 3.21. The van der Waals surface area contributed by atoms with Gasteiger partial charge in [0.15, 0.2) is 10.8 Å². The van der Waals surface area contributed by atoms with E-state index >= 15 is 0 Å². The Morgan fingerprint density at radius 1 is 0.733 bits per heavy atom. The number of carbonyl (C=O) groups is 4. The molecular weight excluding hydrogens is 392 g/mol. The zero-order valence-corrected chi connectivity index (χ0v) is 18.6. The van der Waals surface area contributed by atoms with Crippen molar-refractivity contribution in [2.75, 3.05) is 0 Å². The Labute approximate surface area is 177 Å². The van der Waals surface area contributed by atoms with Gasteiger partial charge in [-0.25, -0.2) is 0 Å². The third-order valence-electron chi connectivity index (χ3n) is 7.63. The maximum absolute atomic E-state index is 12.0. The number of carboxylic acid groups (broad SMARTS) is 4. The molecule has 0 spiro atoms. The van der Waals surface area contributed by atoms with Crippen molar-refractivity contribution in [2.24, 2.45) is 40.4 Å². The van der Waals surface area contributed by atoms with Crippen LogP contribution in [-0.2, 0) is 19.2 Å². The average Bonchev–Trinajstić information content (AvgIpc) is 2.61. The molecule has 0 aromatic heterocycles. The van der Waals surface area contributed by atoms with Crippen LogP contribution in [0.25, 0.3) is 0 Å². The van der Waals surface area contributed by atoms with Gasteiger partial charge >= 0.3 is 23.9 Å². The summed E-state index contributed by atoms with van der Waals surface area (Å²) in [6, 6.07) is 0. The van der Waals surface area contributed by atoms with Crippen molar-refractivity contribution in [3.63, 3.8) is 0 Å². The third-order valence-corrected chi connectivity index (χ3v) is 7.63. The van der Waals surface area contributed by atoms with Crippen molar-refractivity contribution in [1.82, 2.24) is 0 Å². The molecule has 1 aliphatic rings. The average molecular weight is 429 g/mol. The van der Waals surface area contributed by atoms with Gasteiger partial charge in [-0.1, -0.05) is 47.5 Å². The Balaban J connectivity index is 2.88. The Bertz CT molecular complexity index is 630. The molecule has 0 radical (unpaired) electrons. The summed E-state index contributed by atoms with van der Waals surface area (Å²) in [6.45, 7) is 8.14. The summed E-state index contributed by atoms with van der Waals surface area (Å²) in [7, 11) is 0. The highest BCUT2D eigenvalue weighted by Gasteiger charge is 2.56. The fraction of sp³-hybridized carbons (Fsp3) is 0.818. The normalized spacial score (nSPS) is 21.4. The highest BCUT2D eigenvalue weighted by atomic mass is 16.4. The van der Waals surface area contributed by atoms with Crippen molar-refractivity contribution in [2.45, 2.75) is 73.1 Å². The largest absolute Gasteiger partial charge is 0.480 e. The van der Waals surface area contributed by atoms with Crippen LogP contribution in [0.15, 0.2) is 0 Å². The molecule has 1 fully saturated rings. The third kappa shape index (κ3) is 4.47. The van der Waals surface area contributed by atoms with E-state index in [-0.39, 0.29) is 18.3 Å². The Hall–Kier alpha value is -2.12. The Kier molecular flexibility index (Phi) is 8.46. The molecule has 1 rings (SSSR count). The molecule has 0 aromatic carbocycles. The number of aliphatic carboxylic acids is 4. The van der Waals surface area contributed by atoms with Crippen molar-refractivity contribution in [3.8, 4) is 0 Å². The molecule has 0 aliphatic heterocycles. The zero-order valence-electron chi connectivity index (χ0n) is 18.6. The van der Waals surface area contributed by atoms with Crippen molar-refractivity contribution in [1.29, 1.82) is 0 Å². The van der Waals surface area contributed by atoms with E-state index in [9.17, 15) is 39.6 Å². The molecule has 172 valence electrons. The second-order valence-corrected chi connectivity index (χ2v) is 9.48. The topological polar surface area (TPSA) is 149 Å². The molecule has 0 bridgehead atoms. The molecule has 8 nitrogen and oxygen atoms in total. The maximum Gasteiger partial charge on any atom is 0.321 e. The van der Waals surface area contributed by atoms with E-state index in [0.29, 0.717) is 32.1 Å². The standard InChI is InChI=1S/C22H36O8/c1-12(2)21(17(23)24,18(25)26)11-10-15-6-8-16(9-7-15)14(5)22(13(3)4,19(27)28)20(29)30/h12-16H,6-11H2,1-5H3,(H,23,24)(H,25,26)(H,27,28)(H,29,30). The lowest BCUT2D eigenvalue weighted by Gasteiger charge is -2.42. The molecule has 0 aromatic rings. The zero-order chi connectivity index (χ0) is 23.4. The Morgan fingerprint density at radius 3 is 1.47 bits per heavy atom. The fourth-order valence-electron chi connectivity index (χ4n) is 5.37. The highest BCUT2D eigenvalue weighted by molar-refractivity contribution is 5.99. The van der Waals surface area contributed by atoms with Gasteiger partial charge in [-0.15, -0.1) is 0 Å². The monoisotopic (exact) mass is 428 g/mol. The van der Waals surface area contributed by atoms with Crippen LogP contribution in [0.1, 0.15) is 73.1 Å². The summed E-state index contributed by atoms with van der Waals surface area (Å²) >= 11 is 0. The van der Waals surface area contributed by atoms with E-state index in [2.05, 4.69) is 0 Å². The van der Waals surface area contributed by atoms with Gasteiger partial charge in [0.25, 0.3) is 0 Å². The lowest BCUT2D eigenvalue weighted by molar-refractivity contribution is -0.176. The predicted molar refractivity (Wildman–Crippen MR) is 109 cm³/mol. The lowest BCUT2D eigenvalue weighted by Crippen LogP contribution is -2.51. The summed E-state index contributed by atoms with van der Waals surface area (Å²) in [5, 5.41) is 38.6. The van der Waals surface area contributed by atoms with E-state index in [1.54, 1.807) is 34.6 Å². The summed E-state index contributed by atoms with van der Waals surface area (Å²) in [5.41, 5.74) is -3.67. The van der Waals surface area contributed by atoms with Gasteiger partial charge < -0.3 is 20.4 Å². The molecule has 0 heterocycles. The van der Waals surface area contributed by atoms with Gasteiger partial charge in [-0.05, 0) is 55.3 Å². The van der Waals surface area contributed by atoms with Gasteiger partial charge in [0, 0.05) is 0 Å². The second-order valence-electron chi connectivity index (χ2n) is 9.48. The van der Waals surface area contributed by atoms with Crippen LogP contribution >= 0.6 is 0 Å². The summed E-state index contributed by atoms with van der Waals surface area (Å²) in [4.78, 5) is 47.4. The highest BCUT2D eigenvalue weighted by Crippen LogP contribution is 2.47. The summed E-state index contributed by atoms with van der Waals surface area (Å²) in [5.74, 6) is -6.87. The van der Waals surface area contributed by atoms with Crippen molar-refractivity contribution in [3.05, 3.63) is 0 Å². The first-order chi connectivity index (χ1) is 13.8. The van der Waals surface area contributed by atoms with Crippen LogP contribution in [0.3, 0.4) is 0 Å². The van der Waals surface area contributed by atoms with Crippen LogP contribution < -0.4 is 0 Å². The lowest BCUT2D eigenvalue weighted by atomic mass is 9.60. The quantitative estimate of drug-likeness (QED) is 0.363. The maximum atomic E-state index is 12.0. The number of hydrogen-bond donors (Lipinski definition) is 4. The van der Waals surface area contributed by atoms with E-state index in [0.717, 1.165) is 0 Å². The van der Waals surface area contributed by atoms with Crippen molar-refractivity contribution < 1.29 is 39.6 Å². The first-order valence-electron chi connectivity index (χ1n) is 10.7. The van der Waals surface area contributed by atoms with Gasteiger partial charge in [0.2, 0.25) is 0 Å².